The molecule has 1 saturated carbocycles. The zero-order valence-corrected chi connectivity index (χ0v) is 16.2. The van der Waals surface area contributed by atoms with Crippen LogP contribution in [0, 0.1) is 11.3 Å². The van der Waals surface area contributed by atoms with Crippen LogP contribution < -0.4 is 4.74 Å². The Morgan fingerprint density at radius 3 is 2.63 bits per heavy atom. The molecule has 1 spiro atoms. The van der Waals surface area contributed by atoms with Gasteiger partial charge in [0.15, 0.2) is 5.60 Å². The molecule has 0 saturated heterocycles. The second-order valence-electron chi connectivity index (χ2n) is 9.49. The lowest BCUT2D eigenvalue weighted by molar-refractivity contribution is -0.0457. The average Bonchev–Trinajstić information content (AvgIpc) is 2.95. The maximum Gasteiger partial charge on any atom is 0.157 e. The molecule has 1 fully saturated rings. The first-order valence-corrected chi connectivity index (χ1v) is 10.3. The van der Waals surface area contributed by atoms with Crippen LogP contribution in [-0.2, 0) is 11.8 Å². The third-order valence-corrected chi connectivity index (χ3v) is 8.25. The summed E-state index contributed by atoms with van der Waals surface area (Å²) in [6.45, 7) is 9.47. The molecule has 0 aromatic heterocycles. The summed E-state index contributed by atoms with van der Waals surface area (Å²) < 4.78 is 6.59. The molecule has 6 rings (SSSR count). The number of aryl methyl sites for hydroxylation is 1. The van der Waals surface area contributed by atoms with E-state index in [1.165, 1.54) is 29.6 Å². The maximum atomic E-state index is 6.59. The molecule has 3 aliphatic carbocycles. The highest BCUT2D eigenvalue weighted by molar-refractivity contribution is 5.84. The van der Waals surface area contributed by atoms with Gasteiger partial charge in [-0.3, -0.25) is 0 Å². The Kier molecular flexibility index (Phi) is 2.78. The van der Waals surface area contributed by atoms with Crippen LogP contribution in [0.25, 0.3) is 5.57 Å². The van der Waals surface area contributed by atoms with Crippen LogP contribution in [0.3, 0.4) is 0 Å². The van der Waals surface area contributed by atoms with E-state index in [1.807, 2.05) is 0 Å². The van der Waals surface area contributed by atoms with E-state index in [-0.39, 0.29) is 16.4 Å². The Balaban J connectivity index is 1.46. The van der Waals surface area contributed by atoms with E-state index in [0.717, 1.165) is 18.6 Å². The Hall–Kier alpha value is -2.28. The quantitative estimate of drug-likeness (QED) is 0.520. The van der Waals surface area contributed by atoms with Crippen LogP contribution in [0.4, 0.5) is 0 Å². The number of hydrogen-bond acceptors (Lipinski definition) is 1. The summed E-state index contributed by atoms with van der Waals surface area (Å²) in [6, 6.07) is 17.5. The van der Waals surface area contributed by atoms with E-state index in [4.69, 9.17) is 4.74 Å². The molecule has 1 nitrogen and oxygen atoms in total. The highest BCUT2D eigenvalue weighted by Gasteiger charge is 2.69. The second kappa shape index (κ2) is 4.76. The third-order valence-electron chi connectivity index (χ3n) is 8.25. The van der Waals surface area contributed by atoms with Crippen molar-refractivity contribution in [3.63, 3.8) is 0 Å². The van der Waals surface area contributed by atoms with Crippen LogP contribution in [0.1, 0.15) is 49.8 Å². The van der Waals surface area contributed by atoms with Crippen LogP contribution >= 0.6 is 0 Å². The van der Waals surface area contributed by atoms with Gasteiger partial charge in [-0.15, -0.1) is 0 Å². The summed E-state index contributed by atoms with van der Waals surface area (Å²) in [7, 11) is 0. The van der Waals surface area contributed by atoms with Crippen LogP contribution in [-0.4, -0.2) is 5.60 Å². The van der Waals surface area contributed by atoms with E-state index in [0.29, 0.717) is 5.92 Å². The van der Waals surface area contributed by atoms with E-state index < -0.39 is 0 Å². The van der Waals surface area contributed by atoms with Gasteiger partial charge in [0, 0.05) is 23.0 Å². The van der Waals surface area contributed by atoms with E-state index in [9.17, 15) is 0 Å². The molecule has 27 heavy (non-hydrogen) atoms. The van der Waals surface area contributed by atoms with E-state index in [2.05, 4.69) is 75.0 Å². The standard InChI is InChI=1S/C26H26O/c1-17-19-9-5-7-11-21(19)27-26(17)16-25(3)22-13-12-18-8-4-6-10-20(18)24(22,2)15-14-23(25)26/h4-11,14,22H,1,12-13,15-16H2,2-3H3/t22-,24-,25-,26+/m1/s1. The molecule has 0 radical (unpaired) electrons. The smallest absolute Gasteiger partial charge is 0.157 e. The number of allylic oxidation sites excluding steroid dienone is 1. The molecule has 4 aliphatic rings. The number of fused-ring (bicyclic) bond motifs is 7. The molecule has 0 amide bonds. The fourth-order valence-corrected chi connectivity index (χ4v) is 7.09. The van der Waals surface area contributed by atoms with Gasteiger partial charge < -0.3 is 4.74 Å². The van der Waals surface area contributed by atoms with Crippen molar-refractivity contribution in [3.8, 4) is 5.75 Å². The highest BCUT2D eigenvalue weighted by Crippen LogP contribution is 2.72. The Bertz CT molecular complexity index is 1030. The van der Waals surface area contributed by atoms with Crippen LogP contribution in [0.15, 0.2) is 66.8 Å². The van der Waals surface area contributed by atoms with Crippen molar-refractivity contribution in [2.24, 2.45) is 11.3 Å². The minimum atomic E-state index is -0.281. The third kappa shape index (κ3) is 1.68. The lowest BCUT2D eigenvalue weighted by Crippen LogP contribution is -2.64. The molecule has 4 atom stereocenters. The molecule has 1 heterocycles. The first-order chi connectivity index (χ1) is 13.0. The van der Waals surface area contributed by atoms with Gasteiger partial charge in [0.25, 0.3) is 0 Å². The molecule has 0 unspecified atom stereocenters. The number of hydrogen-bond donors (Lipinski definition) is 0. The summed E-state index contributed by atoms with van der Waals surface area (Å²) in [4.78, 5) is 0. The zero-order valence-electron chi connectivity index (χ0n) is 16.2. The lowest BCUT2D eigenvalue weighted by atomic mass is 9.40. The van der Waals surface area contributed by atoms with Crippen molar-refractivity contribution in [2.45, 2.75) is 50.5 Å². The fourth-order valence-electron chi connectivity index (χ4n) is 7.09. The highest BCUT2D eigenvalue weighted by atomic mass is 16.5. The van der Waals surface area contributed by atoms with Crippen LogP contribution in [0.5, 0.6) is 5.75 Å². The zero-order chi connectivity index (χ0) is 18.4. The summed E-state index contributed by atoms with van der Waals surface area (Å²) >= 11 is 0. The summed E-state index contributed by atoms with van der Waals surface area (Å²) in [5.74, 6) is 1.68. The van der Waals surface area contributed by atoms with Crippen molar-refractivity contribution in [2.75, 3.05) is 0 Å². The summed E-state index contributed by atoms with van der Waals surface area (Å²) in [6.07, 6.45) is 7.15. The number of ether oxygens (including phenoxy) is 1. The van der Waals surface area contributed by atoms with Gasteiger partial charge in [-0.2, -0.15) is 0 Å². The molecule has 0 bridgehead atoms. The van der Waals surface area contributed by atoms with Crippen molar-refractivity contribution < 1.29 is 4.74 Å². The first kappa shape index (κ1) is 15.7. The molecule has 1 aliphatic heterocycles. The number of para-hydroxylation sites is 1. The topological polar surface area (TPSA) is 9.23 Å². The number of rotatable bonds is 0. The largest absolute Gasteiger partial charge is 0.477 e. The van der Waals surface area contributed by atoms with Gasteiger partial charge in [0.1, 0.15) is 5.75 Å². The monoisotopic (exact) mass is 354 g/mol. The van der Waals surface area contributed by atoms with Gasteiger partial charge in [0.05, 0.1) is 0 Å². The normalized spacial score (nSPS) is 38.1. The van der Waals surface area contributed by atoms with Crippen molar-refractivity contribution in [3.05, 3.63) is 83.4 Å². The van der Waals surface area contributed by atoms with Gasteiger partial charge in [-0.25, -0.2) is 0 Å². The van der Waals surface area contributed by atoms with Crippen molar-refractivity contribution in [1.82, 2.24) is 0 Å². The van der Waals surface area contributed by atoms with Crippen LogP contribution in [0.2, 0.25) is 0 Å². The molecule has 0 N–H and O–H groups in total. The van der Waals surface area contributed by atoms with Crippen molar-refractivity contribution >= 4 is 5.57 Å². The lowest BCUT2D eigenvalue weighted by Gasteiger charge is -2.65. The number of benzene rings is 2. The van der Waals surface area contributed by atoms with E-state index in [1.54, 1.807) is 11.1 Å². The van der Waals surface area contributed by atoms with Gasteiger partial charge in [-0.05, 0) is 53.4 Å². The Morgan fingerprint density at radius 1 is 1.00 bits per heavy atom. The Morgan fingerprint density at radius 2 is 1.78 bits per heavy atom. The molecular formula is C26H26O. The summed E-state index contributed by atoms with van der Waals surface area (Å²) in [5, 5.41) is 0. The molecule has 136 valence electrons. The molecule has 1 heteroatoms. The molecule has 2 aromatic carbocycles. The first-order valence-electron chi connectivity index (χ1n) is 10.3. The van der Waals surface area contributed by atoms with Gasteiger partial charge >= 0.3 is 0 Å². The maximum absolute atomic E-state index is 6.59. The molecular weight excluding hydrogens is 328 g/mol. The van der Waals surface area contributed by atoms with Gasteiger partial charge in [0.2, 0.25) is 0 Å². The Labute approximate surface area is 161 Å². The molecule has 2 aromatic rings. The average molecular weight is 354 g/mol. The van der Waals surface area contributed by atoms with Crippen molar-refractivity contribution in [1.29, 1.82) is 0 Å². The predicted molar refractivity (Wildman–Crippen MR) is 110 cm³/mol. The predicted octanol–water partition coefficient (Wildman–Crippen LogP) is 6.09. The second-order valence-corrected chi connectivity index (χ2v) is 9.49. The SMILES string of the molecule is C=C1c2ccccc2O[C@@]12C[C@@]1(C)C2=CC[C@]2(C)c3ccccc3CC[C@@H]12. The minimum absolute atomic E-state index is 0.214. The van der Waals surface area contributed by atoms with E-state index >= 15 is 0 Å². The summed E-state index contributed by atoms with van der Waals surface area (Å²) in [5.41, 5.74) is 7.17. The van der Waals surface area contributed by atoms with Gasteiger partial charge in [-0.1, -0.05) is 69.0 Å². The fraction of sp³-hybridized carbons (Fsp3) is 0.385. The minimum Gasteiger partial charge on any atom is -0.477 e.